The summed E-state index contributed by atoms with van der Waals surface area (Å²) in [6.07, 6.45) is 0. The van der Waals surface area contributed by atoms with Crippen molar-refractivity contribution in [3.8, 4) is 5.75 Å². The van der Waals surface area contributed by atoms with E-state index in [0.717, 1.165) is 5.39 Å². The quantitative estimate of drug-likeness (QED) is 0.635. The van der Waals surface area contributed by atoms with Crippen LogP contribution in [-0.2, 0) is 0 Å². The third-order valence-electron chi connectivity index (χ3n) is 2.92. The minimum Gasteiger partial charge on any atom is -0.485 e. The van der Waals surface area contributed by atoms with Gasteiger partial charge < -0.3 is 9.15 Å². The molecule has 0 saturated carbocycles. The van der Waals surface area contributed by atoms with Gasteiger partial charge in [-0.3, -0.25) is 4.79 Å². The van der Waals surface area contributed by atoms with Crippen molar-refractivity contribution in [2.75, 3.05) is 6.61 Å². The maximum atomic E-state index is 12.1. The summed E-state index contributed by atoms with van der Waals surface area (Å²) in [4.78, 5) is 12.1. The van der Waals surface area contributed by atoms with Crippen LogP contribution in [0.25, 0.3) is 11.0 Å². The molecule has 0 atom stereocenters. The van der Waals surface area contributed by atoms with Crippen LogP contribution in [-0.4, -0.2) is 12.4 Å². The average molecular weight is 321 g/mol. The van der Waals surface area contributed by atoms with Crippen LogP contribution < -0.4 is 4.74 Å². The van der Waals surface area contributed by atoms with Crippen molar-refractivity contribution in [2.24, 2.45) is 0 Å². The zero-order chi connectivity index (χ0) is 14.8. The molecule has 0 aliphatic carbocycles. The zero-order valence-corrected chi connectivity index (χ0v) is 12.3. The summed E-state index contributed by atoms with van der Waals surface area (Å²) in [5, 5.41) is 1.93. The van der Waals surface area contributed by atoms with E-state index in [9.17, 15) is 4.79 Å². The number of ether oxygens (including phenoxy) is 1. The molecule has 106 valence electrons. The van der Waals surface area contributed by atoms with Crippen LogP contribution in [0.1, 0.15) is 10.6 Å². The summed E-state index contributed by atoms with van der Waals surface area (Å²) >= 11 is 11.7. The highest BCUT2D eigenvalue weighted by atomic mass is 35.5. The van der Waals surface area contributed by atoms with Crippen molar-refractivity contribution < 1.29 is 13.9 Å². The second kappa shape index (κ2) is 5.80. The molecule has 0 amide bonds. The summed E-state index contributed by atoms with van der Waals surface area (Å²) in [5.74, 6) is 0.534. The molecule has 0 unspecified atom stereocenters. The first kappa shape index (κ1) is 14.0. The average Bonchev–Trinajstić information content (AvgIpc) is 2.88. The van der Waals surface area contributed by atoms with E-state index in [2.05, 4.69) is 0 Å². The lowest BCUT2D eigenvalue weighted by Gasteiger charge is -2.04. The molecule has 0 aliphatic rings. The minimum atomic E-state index is -0.248. The zero-order valence-electron chi connectivity index (χ0n) is 10.8. The van der Waals surface area contributed by atoms with Gasteiger partial charge in [0.15, 0.2) is 12.4 Å². The highest BCUT2D eigenvalue weighted by molar-refractivity contribution is 6.31. The second-order valence-electron chi connectivity index (χ2n) is 4.46. The van der Waals surface area contributed by atoms with Crippen molar-refractivity contribution in [3.05, 3.63) is 64.3 Å². The maximum absolute atomic E-state index is 12.1. The molecule has 21 heavy (non-hydrogen) atoms. The Bertz CT molecular complexity index is 808. The Morgan fingerprint density at radius 1 is 1.05 bits per heavy atom. The van der Waals surface area contributed by atoms with Gasteiger partial charge >= 0.3 is 0 Å². The summed E-state index contributed by atoms with van der Waals surface area (Å²) in [6, 6.07) is 13.7. The Hall–Kier alpha value is -1.97. The number of hydrogen-bond acceptors (Lipinski definition) is 3. The smallest absolute Gasteiger partial charge is 0.235 e. The molecule has 3 nitrogen and oxygen atoms in total. The molecule has 0 bridgehead atoms. The molecule has 0 saturated heterocycles. The SMILES string of the molecule is O=C(COc1cccc(Cl)c1)c1cc2cc(Cl)ccc2o1. The highest BCUT2D eigenvalue weighted by Gasteiger charge is 2.13. The summed E-state index contributed by atoms with van der Waals surface area (Å²) in [6.45, 7) is -0.117. The van der Waals surface area contributed by atoms with Gasteiger partial charge in [-0.2, -0.15) is 0 Å². The monoisotopic (exact) mass is 320 g/mol. The van der Waals surface area contributed by atoms with Crippen molar-refractivity contribution in [2.45, 2.75) is 0 Å². The number of Topliss-reactive ketones (excluding diaryl/α,β-unsaturated/α-hetero) is 1. The molecule has 0 N–H and O–H groups in total. The highest BCUT2D eigenvalue weighted by Crippen LogP contribution is 2.23. The van der Waals surface area contributed by atoms with Gasteiger partial charge in [0, 0.05) is 15.4 Å². The van der Waals surface area contributed by atoms with Crippen molar-refractivity contribution >= 4 is 40.0 Å². The Labute approximate surface area is 131 Å². The summed E-state index contributed by atoms with van der Waals surface area (Å²) in [7, 11) is 0. The first-order valence-electron chi connectivity index (χ1n) is 6.22. The molecular formula is C16H10Cl2O3. The topological polar surface area (TPSA) is 39.4 Å². The number of ketones is 1. The molecule has 0 radical (unpaired) electrons. The summed E-state index contributed by atoms with van der Waals surface area (Å²) < 4.78 is 10.9. The van der Waals surface area contributed by atoms with Gasteiger partial charge in [0.25, 0.3) is 0 Å². The van der Waals surface area contributed by atoms with Crippen LogP contribution in [0.2, 0.25) is 10.0 Å². The van der Waals surface area contributed by atoms with Crippen LogP contribution in [0.3, 0.4) is 0 Å². The van der Waals surface area contributed by atoms with E-state index >= 15 is 0 Å². The predicted molar refractivity (Wildman–Crippen MR) is 82.5 cm³/mol. The fourth-order valence-electron chi connectivity index (χ4n) is 1.93. The van der Waals surface area contributed by atoms with Gasteiger partial charge in [-0.25, -0.2) is 0 Å². The second-order valence-corrected chi connectivity index (χ2v) is 5.33. The van der Waals surface area contributed by atoms with Crippen molar-refractivity contribution in [1.82, 2.24) is 0 Å². The number of furan rings is 1. The van der Waals surface area contributed by atoms with Crippen LogP contribution in [0.15, 0.2) is 52.9 Å². The molecule has 0 fully saturated rings. The van der Waals surface area contributed by atoms with Gasteiger partial charge in [0.05, 0.1) is 0 Å². The Kier molecular flexibility index (Phi) is 3.86. The van der Waals surface area contributed by atoms with Gasteiger partial charge in [-0.1, -0.05) is 29.3 Å². The van der Waals surface area contributed by atoms with E-state index in [-0.39, 0.29) is 18.2 Å². The fourth-order valence-corrected chi connectivity index (χ4v) is 2.29. The molecule has 5 heteroatoms. The number of carbonyl (C=O) groups excluding carboxylic acids is 1. The van der Waals surface area contributed by atoms with Gasteiger partial charge in [-0.05, 0) is 42.5 Å². The van der Waals surface area contributed by atoms with Gasteiger partial charge in [0.2, 0.25) is 5.78 Å². The van der Waals surface area contributed by atoms with Crippen LogP contribution in [0.4, 0.5) is 0 Å². The third-order valence-corrected chi connectivity index (χ3v) is 3.39. The van der Waals surface area contributed by atoms with E-state index < -0.39 is 0 Å². The molecule has 2 aromatic carbocycles. The lowest BCUT2D eigenvalue weighted by molar-refractivity contribution is 0.0896. The van der Waals surface area contributed by atoms with Gasteiger partial charge in [0.1, 0.15) is 11.3 Å². The molecular weight excluding hydrogens is 311 g/mol. The number of hydrogen-bond donors (Lipinski definition) is 0. The standard InChI is InChI=1S/C16H10Cl2O3/c17-11-2-1-3-13(8-11)20-9-14(19)16-7-10-6-12(18)4-5-15(10)21-16/h1-8H,9H2. The van der Waals surface area contributed by atoms with Crippen LogP contribution in [0.5, 0.6) is 5.75 Å². The van der Waals surface area contributed by atoms with Crippen molar-refractivity contribution in [3.63, 3.8) is 0 Å². The largest absolute Gasteiger partial charge is 0.485 e. The Morgan fingerprint density at radius 3 is 2.67 bits per heavy atom. The van der Waals surface area contributed by atoms with E-state index in [1.54, 1.807) is 48.5 Å². The molecule has 1 aromatic heterocycles. The number of fused-ring (bicyclic) bond motifs is 1. The fraction of sp³-hybridized carbons (Fsp3) is 0.0625. The lowest BCUT2D eigenvalue weighted by Crippen LogP contribution is -2.10. The lowest BCUT2D eigenvalue weighted by atomic mass is 10.2. The Morgan fingerprint density at radius 2 is 1.86 bits per heavy atom. The molecule has 0 aliphatic heterocycles. The summed E-state index contributed by atoms with van der Waals surface area (Å²) in [5.41, 5.74) is 0.616. The molecule has 1 heterocycles. The van der Waals surface area contributed by atoms with Crippen molar-refractivity contribution in [1.29, 1.82) is 0 Å². The number of benzene rings is 2. The normalized spacial score (nSPS) is 10.8. The van der Waals surface area contributed by atoms with E-state index in [1.165, 1.54) is 0 Å². The van der Waals surface area contributed by atoms with E-state index in [4.69, 9.17) is 32.4 Å². The first-order chi connectivity index (χ1) is 10.1. The van der Waals surface area contributed by atoms with E-state index in [1.807, 2.05) is 0 Å². The molecule has 3 aromatic rings. The number of carbonyl (C=O) groups is 1. The minimum absolute atomic E-state index is 0.117. The van der Waals surface area contributed by atoms with E-state index in [0.29, 0.717) is 21.4 Å². The van der Waals surface area contributed by atoms with Crippen LogP contribution >= 0.6 is 23.2 Å². The third kappa shape index (κ3) is 3.20. The Balaban J connectivity index is 1.74. The molecule has 0 spiro atoms. The van der Waals surface area contributed by atoms with Gasteiger partial charge in [-0.15, -0.1) is 0 Å². The molecule has 3 rings (SSSR count). The maximum Gasteiger partial charge on any atom is 0.235 e. The van der Waals surface area contributed by atoms with Crippen LogP contribution in [0, 0.1) is 0 Å². The number of rotatable bonds is 4. The first-order valence-corrected chi connectivity index (χ1v) is 6.98. The number of halogens is 2. The predicted octanol–water partition coefficient (Wildman–Crippen LogP) is 5.00.